The number of hydrogen-bond donors (Lipinski definition) is 1. The van der Waals surface area contributed by atoms with Crippen molar-refractivity contribution in [1.82, 2.24) is 4.72 Å². The Morgan fingerprint density at radius 3 is 2.43 bits per heavy atom. The first-order valence-corrected chi connectivity index (χ1v) is 8.89. The maximum Gasteiger partial charge on any atom is 0.240 e. The van der Waals surface area contributed by atoms with Gasteiger partial charge in [-0.2, -0.15) is 0 Å². The van der Waals surface area contributed by atoms with Gasteiger partial charge in [0.1, 0.15) is 11.5 Å². The third kappa shape index (κ3) is 4.97. The van der Waals surface area contributed by atoms with E-state index in [-0.39, 0.29) is 4.90 Å². The maximum atomic E-state index is 12.2. The highest BCUT2D eigenvalue weighted by Crippen LogP contribution is 2.16. The van der Waals surface area contributed by atoms with Gasteiger partial charge in [-0.25, -0.2) is 13.1 Å². The van der Waals surface area contributed by atoms with Gasteiger partial charge in [-0.05, 0) is 55.3 Å². The van der Waals surface area contributed by atoms with Crippen LogP contribution in [0.4, 0.5) is 0 Å². The summed E-state index contributed by atoms with van der Waals surface area (Å²) in [5, 5.41) is 0. The summed E-state index contributed by atoms with van der Waals surface area (Å²) in [5.74, 6) is 1.42. The van der Waals surface area contributed by atoms with Crippen LogP contribution in [0.3, 0.4) is 0 Å². The zero-order valence-electron chi connectivity index (χ0n) is 13.3. The van der Waals surface area contributed by atoms with Crippen molar-refractivity contribution in [2.45, 2.75) is 18.2 Å². The van der Waals surface area contributed by atoms with Gasteiger partial charge in [0.15, 0.2) is 0 Å². The van der Waals surface area contributed by atoms with Crippen molar-refractivity contribution in [1.29, 1.82) is 0 Å². The lowest BCUT2D eigenvalue weighted by Gasteiger charge is -2.09. The Kier molecular flexibility index (Phi) is 6.01. The topological polar surface area (TPSA) is 64.6 Å². The third-order valence-electron chi connectivity index (χ3n) is 3.28. The average molecular weight is 335 g/mol. The Bertz CT molecular complexity index is 727. The first-order chi connectivity index (χ1) is 11.0. The number of methoxy groups -OCH3 is 1. The standard InChI is InChI=1S/C17H21NO4S/c1-3-22-15-7-9-17(10-8-15)23(19,20)18-12-11-14-5-4-6-16(13-14)21-2/h4-10,13,18H,3,11-12H2,1-2H3. The molecule has 0 radical (unpaired) electrons. The molecule has 0 fully saturated rings. The van der Waals surface area contributed by atoms with E-state index >= 15 is 0 Å². The molecule has 5 nitrogen and oxygen atoms in total. The van der Waals surface area contributed by atoms with E-state index in [4.69, 9.17) is 9.47 Å². The van der Waals surface area contributed by atoms with Crippen LogP contribution in [0.15, 0.2) is 53.4 Å². The third-order valence-corrected chi connectivity index (χ3v) is 4.76. The van der Waals surface area contributed by atoms with Gasteiger partial charge in [-0.1, -0.05) is 12.1 Å². The van der Waals surface area contributed by atoms with Crippen LogP contribution in [-0.4, -0.2) is 28.7 Å². The molecule has 0 spiro atoms. The lowest BCUT2D eigenvalue weighted by Crippen LogP contribution is -2.25. The summed E-state index contributed by atoms with van der Waals surface area (Å²) in [6.45, 7) is 2.75. The second kappa shape index (κ2) is 7.99. The zero-order valence-corrected chi connectivity index (χ0v) is 14.1. The van der Waals surface area contributed by atoms with Crippen molar-refractivity contribution < 1.29 is 17.9 Å². The van der Waals surface area contributed by atoms with Gasteiger partial charge < -0.3 is 9.47 Å². The molecule has 2 rings (SSSR count). The number of ether oxygens (including phenoxy) is 2. The van der Waals surface area contributed by atoms with Gasteiger partial charge in [-0.15, -0.1) is 0 Å². The van der Waals surface area contributed by atoms with Crippen LogP contribution in [0.2, 0.25) is 0 Å². The summed E-state index contributed by atoms with van der Waals surface area (Å²) in [6, 6.07) is 14.0. The van der Waals surface area contributed by atoms with Crippen LogP contribution in [0.1, 0.15) is 12.5 Å². The molecule has 0 aliphatic rings. The van der Waals surface area contributed by atoms with Crippen molar-refractivity contribution in [2.75, 3.05) is 20.3 Å². The average Bonchev–Trinajstić information content (AvgIpc) is 2.56. The van der Waals surface area contributed by atoms with E-state index in [1.165, 1.54) is 0 Å². The SMILES string of the molecule is CCOc1ccc(S(=O)(=O)NCCc2cccc(OC)c2)cc1. The number of nitrogens with one attached hydrogen (secondary N) is 1. The number of rotatable bonds is 8. The van der Waals surface area contributed by atoms with Gasteiger partial charge in [0.2, 0.25) is 10.0 Å². The molecule has 0 aromatic heterocycles. The van der Waals surface area contributed by atoms with Crippen LogP contribution < -0.4 is 14.2 Å². The summed E-state index contributed by atoms with van der Waals surface area (Å²) in [6.07, 6.45) is 0.591. The van der Waals surface area contributed by atoms with E-state index in [2.05, 4.69) is 4.72 Å². The molecular formula is C17H21NO4S. The second-order valence-corrected chi connectivity index (χ2v) is 6.67. The molecule has 0 amide bonds. The molecular weight excluding hydrogens is 314 g/mol. The number of benzene rings is 2. The minimum absolute atomic E-state index is 0.228. The van der Waals surface area contributed by atoms with Crippen LogP contribution in [0.5, 0.6) is 11.5 Å². The number of hydrogen-bond acceptors (Lipinski definition) is 4. The van der Waals surface area contributed by atoms with E-state index in [1.54, 1.807) is 31.4 Å². The lowest BCUT2D eigenvalue weighted by molar-refractivity contribution is 0.340. The van der Waals surface area contributed by atoms with Crippen LogP contribution in [0.25, 0.3) is 0 Å². The van der Waals surface area contributed by atoms with Gasteiger partial charge in [0, 0.05) is 6.54 Å². The predicted molar refractivity (Wildman–Crippen MR) is 89.5 cm³/mol. The Balaban J connectivity index is 1.95. The Morgan fingerprint density at radius 1 is 1.04 bits per heavy atom. The normalized spacial score (nSPS) is 11.2. The van der Waals surface area contributed by atoms with E-state index < -0.39 is 10.0 Å². The molecule has 6 heteroatoms. The Morgan fingerprint density at radius 2 is 1.78 bits per heavy atom. The van der Waals surface area contributed by atoms with E-state index in [0.29, 0.717) is 25.3 Å². The highest BCUT2D eigenvalue weighted by atomic mass is 32.2. The van der Waals surface area contributed by atoms with Crippen LogP contribution >= 0.6 is 0 Å². The van der Waals surface area contributed by atoms with Gasteiger partial charge in [0.25, 0.3) is 0 Å². The minimum atomic E-state index is -3.51. The maximum absolute atomic E-state index is 12.2. The first kappa shape index (κ1) is 17.3. The minimum Gasteiger partial charge on any atom is -0.497 e. The van der Waals surface area contributed by atoms with Crippen LogP contribution in [-0.2, 0) is 16.4 Å². The monoisotopic (exact) mass is 335 g/mol. The molecule has 124 valence electrons. The Hall–Kier alpha value is -2.05. The smallest absolute Gasteiger partial charge is 0.240 e. The fourth-order valence-corrected chi connectivity index (χ4v) is 3.15. The quantitative estimate of drug-likeness (QED) is 0.805. The van der Waals surface area contributed by atoms with Gasteiger partial charge >= 0.3 is 0 Å². The molecule has 2 aromatic rings. The molecule has 0 unspecified atom stereocenters. The molecule has 0 saturated carbocycles. The summed E-state index contributed by atoms with van der Waals surface area (Å²) in [4.78, 5) is 0.228. The number of sulfonamides is 1. The lowest BCUT2D eigenvalue weighted by atomic mass is 10.1. The van der Waals surface area contributed by atoms with E-state index in [1.807, 2.05) is 31.2 Å². The highest BCUT2D eigenvalue weighted by Gasteiger charge is 2.13. The van der Waals surface area contributed by atoms with Crippen molar-refractivity contribution >= 4 is 10.0 Å². The molecule has 0 aliphatic carbocycles. The van der Waals surface area contributed by atoms with Gasteiger partial charge in [0.05, 0.1) is 18.6 Å². The molecule has 1 N–H and O–H groups in total. The van der Waals surface area contributed by atoms with Crippen molar-refractivity contribution in [2.24, 2.45) is 0 Å². The molecule has 2 aromatic carbocycles. The van der Waals surface area contributed by atoms with Crippen LogP contribution in [0, 0.1) is 0 Å². The summed E-state index contributed by atoms with van der Waals surface area (Å²) < 4.78 is 37.5. The fourth-order valence-electron chi connectivity index (χ4n) is 2.12. The largest absolute Gasteiger partial charge is 0.497 e. The summed E-state index contributed by atoms with van der Waals surface area (Å²) >= 11 is 0. The molecule has 0 saturated heterocycles. The molecule has 0 atom stereocenters. The highest BCUT2D eigenvalue weighted by molar-refractivity contribution is 7.89. The fraction of sp³-hybridized carbons (Fsp3) is 0.294. The molecule has 0 heterocycles. The predicted octanol–water partition coefficient (Wildman–Crippen LogP) is 2.61. The summed E-state index contributed by atoms with van der Waals surface area (Å²) in [7, 11) is -1.91. The molecule has 23 heavy (non-hydrogen) atoms. The van der Waals surface area contributed by atoms with Crippen molar-refractivity contribution in [3.63, 3.8) is 0 Å². The van der Waals surface area contributed by atoms with Gasteiger partial charge in [-0.3, -0.25) is 0 Å². The van der Waals surface area contributed by atoms with E-state index in [0.717, 1.165) is 11.3 Å². The van der Waals surface area contributed by atoms with Crippen molar-refractivity contribution in [3.8, 4) is 11.5 Å². The second-order valence-electron chi connectivity index (χ2n) is 4.90. The van der Waals surface area contributed by atoms with E-state index in [9.17, 15) is 8.42 Å². The summed E-state index contributed by atoms with van der Waals surface area (Å²) in [5.41, 5.74) is 1.01. The Labute approximate surface area is 137 Å². The first-order valence-electron chi connectivity index (χ1n) is 7.40. The molecule has 0 bridgehead atoms. The van der Waals surface area contributed by atoms with Crippen molar-refractivity contribution in [3.05, 3.63) is 54.1 Å². The zero-order chi connectivity index (χ0) is 16.7. The molecule has 0 aliphatic heterocycles.